The summed E-state index contributed by atoms with van der Waals surface area (Å²) in [5.41, 5.74) is 1.73. The summed E-state index contributed by atoms with van der Waals surface area (Å²) in [6.07, 6.45) is -8.78. The molecule has 33 heavy (non-hydrogen) atoms. The molecule has 1 saturated heterocycles. The zero-order chi connectivity index (χ0) is 24.6. The first-order chi connectivity index (χ1) is 15.3. The molecule has 2 amide bonds. The SMILES string of the molecule is NC(=O)CCN1C(=O)C(=Cc2cccc(-c3cc(C(F)(F)F)cc(C(F)(F)F)c3)n2)SC1=S. The Hall–Kier alpha value is -2.93. The molecule has 0 bridgehead atoms. The van der Waals surface area contributed by atoms with Gasteiger partial charge in [0.1, 0.15) is 4.32 Å². The molecule has 5 nitrogen and oxygen atoms in total. The summed E-state index contributed by atoms with van der Waals surface area (Å²) in [7, 11) is 0. The molecular formula is C20H13F6N3O2S2. The number of thioether (sulfide) groups is 1. The maximum absolute atomic E-state index is 13.1. The first-order valence-corrected chi connectivity index (χ1v) is 10.3. The van der Waals surface area contributed by atoms with E-state index in [2.05, 4.69) is 4.98 Å². The Kier molecular flexibility index (Phi) is 6.84. The van der Waals surface area contributed by atoms with Crippen LogP contribution in [0.4, 0.5) is 26.3 Å². The maximum Gasteiger partial charge on any atom is 0.416 e. The van der Waals surface area contributed by atoms with Crippen LogP contribution in [0.5, 0.6) is 0 Å². The Bertz CT molecular complexity index is 1130. The highest BCUT2D eigenvalue weighted by Crippen LogP contribution is 2.38. The van der Waals surface area contributed by atoms with Crippen molar-refractivity contribution >= 4 is 46.2 Å². The fraction of sp³-hybridized carbons (Fsp3) is 0.200. The van der Waals surface area contributed by atoms with E-state index >= 15 is 0 Å². The van der Waals surface area contributed by atoms with E-state index in [0.29, 0.717) is 12.1 Å². The number of carbonyl (C=O) groups is 2. The van der Waals surface area contributed by atoms with Crippen molar-refractivity contribution < 1.29 is 35.9 Å². The highest BCUT2D eigenvalue weighted by molar-refractivity contribution is 8.26. The van der Waals surface area contributed by atoms with Gasteiger partial charge in [-0.15, -0.1) is 0 Å². The number of alkyl halides is 6. The number of thiocarbonyl (C=S) groups is 1. The smallest absolute Gasteiger partial charge is 0.370 e. The number of carbonyl (C=O) groups excluding carboxylic acids is 2. The van der Waals surface area contributed by atoms with Crippen LogP contribution in [0.3, 0.4) is 0 Å². The molecule has 0 unspecified atom stereocenters. The van der Waals surface area contributed by atoms with Crippen LogP contribution >= 0.6 is 24.0 Å². The predicted molar refractivity (Wildman–Crippen MR) is 113 cm³/mol. The molecule has 2 heterocycles. The van der Waals surface area contributed by atoms with Crippen molar-refractivity contribution in [2.75, 3.05) is 6.54 Å². The molecule has 1 aromatic carbocycles. The van der Waals surface area contributed by atoms with Gasteiger partial charge in [0.15, 0.2) is 0 Å². The quantitative estimate of drug-likeness (QED) is 0.357. The summed E-state index contributed by atoms with van der Waals surface area (Å²) < 4.78 is 79.1. The van der Waals surface area contributed by atoms with Crippen LogP contribution in [0.1, 0.15) is 23.2 Å². The lowest BCUT2D eigenvalue weighted by Gasteiger charge is -2.14. The number of amides is 2. The van der Waals surface area contributed by atoms with Crippen LogP contribution in [0.15, 0.2) is 41.3 Å². The van der Waals surface area contributed by atoms with Gasteiger partial charge in [0.05, 0.1) is 27.4 Å². The number of benzene rings is 1. The largest absolute Gasteiger partial charge is 0.416 e. The molecule has 13 heteroatoms. The highest BCUT2D eigenvalue weighted by atomic mass is 32.2. The second-order valence-electron chi connectivity index (χ2n) is 6.79. The third kappa shape index (κ3) is 5.90. The van der Waals surface area contributed by atoms with E-state index in [0.717, 1.165) is 11.8 Å². The average Bonchev–Trinajstić information content (AvgIpc) is 2.97. The van der Waals surface area contributed by atoms with Gasteiger partial charge in [0.2, 0.25) is 5.91 Å². The highest BCUT2D eigenvalue weighted by Gasteiger charge is 2.37. The zero-order valence-electron chi connectivity index (χ0n) is 16.3. The molecule has 0 saturated carbocycles. The minimum absolute atomic E-state index is 0.0186. The molecule has 0 atom stereocenters. The summed E-state index contributed by atoms with van der Waals surface area (Å²) in [5, 5.41) is 0. The van der Waals surface area contributed by atoms with Crippen molar-refractivity contribution in [3.8, 4) is 11.3 Å². The predicted octanol–water partition coefficient (Wildman–Crippen LogP) is 4.86. The third-order valence-electron chi connectivity index (χ3n) is 4.39. The van der Waals surface area contributed by atoms with Crippen molar-refractivity contribution in [2.24, 2.45) is 5.73 Å². The van der Waals surface area contributed by atoms with Crippen LogP contribution in [-0.2, 0) is 21.9 Å². The molecule has 1 aromatic heterocycles. The number of nitrogens with two attached hydrogens (primary N) is 1. The number of hydrogen-bond donors (Lipinski definition) is 1. The van der Waals surface area contributed by atoms with Crippen LogP contribution in [0.2, 0.25) is 0 Å². The van der Waals surface area contributed by atoms with E-state index in [4.69, 9.17) is 18.0 Å². The van der Waals surface area contributed by atoms with Gasteiger partial charge in [-0.05, 0) is 36.4 Å². The second-order valence-corrected chi connectivity index (χ2v) is 8.47. The van der Waals surface area contributed by atoms with Gasteiger partial charge in [-0.1, -0.05) is 30.0 Å². The van der Waals surface area contributed by atoms with Crippen LogP contribution in [0.25, 0.3) is 17.3 Å². The topological polar surface area (TPSA) is 76.3 Å². The third-order valence-corrected chi connectivity index (χ3v) is 5.77. The summed E-state index contributed by atoms with van der Waals surface area (Å²) >= 11 is 6.03. The van der Waals surface area contributed by atoms with E-state index in [-0.39, 0.29) is 45.2 Å². The minimum atomic E-state index is -4.99. The number of pyridine rings is 1. The first-order valence-electron chi connectivity index (χ1n) is 9.06. The van der Waals surface area contributed by atoms with Crippen LogP contribution < -0.4 is 5.73 Å². The molecule has 174 valence electrons. The minimum Gasteiger partial charge on any atom is -0.370 e. The number of nitrogens with zero attached hydrogens (tertiary/aromatic N) is 2. The zero-order valence-corrected chi connectivity index (χ0v) is 18.0. The molecule has 1 fully saturated rings. The van der Waals surface area contributed by atoms with Gasteiger partial charge in [-0.3, -0.25) is 14.5 Å². The number of primary amides is 1. The average molecular weight is 505 g/mol. The van der Waals surface area contributed by atoms with Crippen molar-refractivity contribution in [1.82, 2.24) is 9.88 Å². The maximum atomic E-state index is 13.1. The fourth-order valence-electron chi connectivity index (χ4n) is 2.84. The van der Waals surface area contributed by atoms with Crippen molar-refractivity contribution in [3.63, 3.8) is 0 Å². The second kappa shape index (κ2) is 9.14. The molecule has 2 N–H and O–H groups in total. The molecule has 1 aliphatic rings. The van der Waals surface area contributed by atoms with E-state index in [1.165, 1.54) is 29.2 Å². The van der Waals surface area contributed by atoms with Gasteiger partial charge in [-0.25, -0.2) is 4.98 Å². The van der Waals surface area contributed by atoms with Gasteiger partial charge in [-0.2, -0.15) is 26.3 Å². The summed E-state index contributed by atoms with van der Waals surface area (Å²) in [6.45, 7) is -0.0186. The first kappa shape index (κ1) is 24.7. The summed E-state index contributed by atoms with van der Waals surface area (Å²) in [4.78, 5) is 28.9. The van der Waals surface area contributed by atoms with Crippen LogP contribution in [0, 0.1) is 0 Å². The Morgan fingerprint density at radius 1 is 1.09 bits per heavy atom. The van der Waals surface area contributed by atoms with Crippen molar-refractivity contribution in [1.29, 1.82) is 0 Å². The number of hydrogen-bond acceptors (Lipinski definition) is 5. The normalized spacial score (nSPS) is 16.1. The van der Waals surface area contributed by atoms with Crippen molar-refractivity contribution in [3.05, 3.63) is 58.1 Å². The Labute approximate surface area is 192 Å². The number of halogens is 6. The van der Waals surface area contributed by atoms with Gasteiger partial charge in [0, 0.05) is 18.5 Å². The standard InChI is InChI=1S/C20H13F6N3O2S2/c21-19(22,23)11-6-10(7-12(8-11)20(24,25)26)14-3-1-2-13(28-14)9-15-17(31)29(18(32)33-15)5-4-16(27)30/h1-3,6-9H,4-5H2,(H2,27,30). The summed E-state index contributed by atoms with van der Waals surface area (Å²) in [5.74, 6) is -1.14. The van der Waals surface area contributed by atoms with E-state index in [9.17, 15) is 35.9 Å². The Balaban J connectivity index is 1.97. The van der Waals surface area contributed by atoms with Gasteiger partial charge in [0.25, 0.3) is 5.91 Å². The van der Waals surface area contributed by atoms with Crippen molar-refractivity contribution in [2.45, 2.75) is 18.8 Å². The molecule has 0 aliphatic carbocycles. The molecule has 0 radical (unpaired) electrons. The Morgan fingerprint density at radius 3 is 2.24 bits per heavy atom. The lowest BCUT2D eigenvalue weighted by Crippen LogP contribution is -2.31. The number of rotatable bonds is 5. The summed E-state index contributed by atoms with van der Waals surface area (Å²) in [6, 6.07) is 5.25. The van der Waals surface area contributed by atoms with E-state index in [1.54, 1.807) is 0 Å². The Morgan fingerprint density at radius 2 is 1.70 bits per heavy atom. The lowest BCUT2D eigenvalue weighted by atomic mass is 10.0. The lowest BCUT2D eigenvalue weighted by molar-refractivity contribution is -0.143. The fourth-order valence-corrected chi connectivity index (χ4v) is 4.14. The van der Waals surface area contributed by atoms with E-state index < -0.39 is 35.3 Å². The van der Waals surface area contributed by atoms with Gasteiger partial charge < -0.3 is 5.73 Å². The molecule has 0 spiro atoms. The number of aromatic nitrogens is 1. The van der Waals surface area contributed by atoms with E-state index in [1.807, 2.05) is 0 Å². The van der Waals surface area contributed by atoms with Crippen LogP contribution in [-0.4, -0.2) is 32.6 Å². The van der Waals surface area contributed by atoms with Gasteiger partial charge >= 0.3 is 12.4 Å². The molecule has 3 rings (SSSR count). The molecule has 1 aliphatic heterocycles. The monoisotopic (exact) mass is 505 g/mol. The molecule has 2 aromatic rings. The molecular weight excluding hydrogens is 492 g/mol.